The van der Waals surface area contributed by atoms with Crippen molar-refractivity contribution in [3.63, 3.8) is 0 Å². The second-order valence-corrected chi connectivity index (χ2v) is 6.31. The molecule has 138 valence electrons. The van der Waals surface area contributed by atoms with Crippen molar-refractivity contribution in [2.75, 3.05) is 13.2 Å². The average molecular weight is 372 g/mol. The predicted molar refractivity (Wildman–Crippen MR) is 89.7 cm³/mol. The van der Waals surface area contributed by atoms with Gasteiger partial charge in [0.25, 0.3) is 0 Å². The summed E-state index contributed by atoms with van der Waals surface area (Å²) in [4.78, 5) is 25.3. The van der Waals surface area contributed by atoms with Gasteiger partial charge >= 0.3 is 41.5 Å². The Morgan fingerprint density at radius 2 is 1.38 bits per heavy atom. The maximum absolute atomic E-state index is 12.7. The molecule has 0 spiro atoms. The van der Waals surface area contributed by atoms with Gasteiger partial charge in [-0.3, -0.25) is 9.59 Å². The molecular formula is C19H25NaO6. The Labute approximate surface area is 177 Å². The molecule has 0 N–H and O–H groups in total. The molecule has 1 aromatic carbocycles. The quantitative estimate of drug-likeness (QED) is 0.413. The molecule has 3 rings (SSSR count). The van der Waals surface area contributed by atoms with Crippen LogP contribution >= 0.6 is 0 Å². The van der Waals surface area contributed by atoms with Crippen molar-refractivity contribution in [1.29, 1.82) is 0 Å². The minimum atomic E-state index is -1.13. The zero-order chi connectivity index (χ0) is 17.5. The van der Waals surface area contributed by atoms with Gasteiger partial charge in [-0.2, -0.15) is 0 Å². The number of benzene rings is 1. The molecule has 2 saturated heterocycles. The van der Waals surface area contributed by atoms with Crippen LogP contribution in [0.4, 0.5) is 0 Å². The van der Waals surface area contributed by atoms with E-state index in [-0.39, 0.29) is 31.0 Å². The third-order valence-corrected chi connectivity index (χ3v) is 4.38. The summed E-state index contributed by atoms with van der Waals surface area (Å²) < 4.78 is 21.7. The summed E-state index contributed by atoms with van der Waals surface area (Å²) in [6.07, 6.45) is 3.90. The number of rotatable bonds is 5. The summed E-state index contributed by atoms with van der Waals surface area (Å²) in [5.74, 6) is -2.41. The van der Waals surface area contributed by atoms with Crippen LogP contribution in [-0.4, -0.2) is 37.7 Å². The summed E-state index contributed by atoms with van der Waals surface area (Å²) in [5.41, 5.74) is 0.545. The molecule has 0 bridgehead atoms. The van der Waals surface area contributed by atoms with E-state index >= 15 is 0 Å². The number of ether oxygens (including phenoxy) is 4. The van der Waals surface area contributed by atoms with Gasteiger partial charge in [-0.05, 0) is 31.2 Å². The molecule has 26 heavy (non-hydrogen) atoms. The smallest absolute Gasteiger partial charge is 1.00 e. The Morgan fingerprint density at radius 1 is 0.885 bits per heavy atom. The normalized spacial score (nSPS) is 24.0. The molecule has 0 aromatic heterocycles. The van der Waals surface area contributed by atoms with Gasteiger partial charge in [-0.25, -0.2) is 0 Å². The van der Waals surface area contributed by atoms with Crippen LogP contribution in [0.25, 0.3) is 0 Å². The molecule has 0 saturated carbocycles. The van der Waals surface area contributed by atoms with Gasteiger partial charge in [0.2, 0.25) is 12.6 Å². The Hall–Kier alpha value is -0.920. The Morgan fingerprint density at radius 3 is 1.81 bits per heavy atom. The summed E-state index contributed by atoms with van der Waals surface area (Å²) in [6, 6.07) is 8.81. The zero-order valence-corrected chi connectivity index (χ0v) is 17.2. The van der Waals surface area contributed by atoms with Gasteiger partial charge < -0.3 is 20.4 Å². The first-order valence-corrected chi connectivity index (χ1v) is 8.93. The summed E-state index contributed by atoms with van der Waals surface area (Å²) >= 11 is 0. The van der Waals surface area contributed by atoms with Crippen LogP contribution in [0.5, 0.6) is 0 Å². The minimum absolute atomic E-state index is 0. The van der Waals surface area contributed by atoms with Crippen LogP contribution in [0.2, 0.25) is 0 Å². The second kappa shape index (κ2) is 11.0. The Kier molecular flexibility index (Phi) is 9.08. The van der Waals surface area contributed by atoms with Gasteiger partial charge in [0.1, 0.15) is 0 Å². The van der Waals surface area contributed by atoms with E-state index in [1.807, 2.05) is 6.07 Å². The van der Waals surface area contributed by atoms with Crippen LogP contribution in [0.3, 0.4) is 0 Å². The molecule has 2 heterocycles. The number of hydrogen-bond donors (Lipinski definition) is 0. The van der Waals surface area contributed by atoms with Crippen molar-refractivity contribution >= 4 is 11.9 Å². The zero-order valence-electron chi connectivity index (χ0n) is 16.2. The molecule has 0 radical (unpaired) electrons. The van der Waals surface area contributed by atoms with Crippen molar-refractivity contribution in [3.05, 3.63) is 35.9 Å². The van der Waals surface area contributed by atoms with Gasteiger partial charge in [-0.15, -0.1) is 0 Å². The first-order valence-electron chi connectivity index (χ1n) is 8.93. The van der Waals surface area contributed by atoms with Gasteiger partial charge in [0.05, 0.1) is 13.2 Å². The maximum Gasteiger partial charge on any atom is 1.00 e. The Bertz CT molecular complexity index is 541. The topological polar surface area (TPSA) is 71.1 Å². The van der Waals surface area contributed by atoms with Crippen molar-refractivity contribution < 1.29 is 59.5 Å². The molecule has 0 amide bonds. The van der Waals surface area contributed by atoms with E-state index < -0.39 is 30.4 Å². The summed E-state index contributed by atoms with van der Waals surface area (Å²) in [6.45, 7) is 1.13. The standard InChI is InChI=1S/C19H24O6.Na.H/c20-18(24-15-10-4-6-12-22-15)17(14-8-2-1-3-9-14)19(21)25-16-11-5-7-13-23-16;;/h1-3,8-9,15-17H,4-7,10-13H2;;/q;+1;-1. The SMILES string of the molecule is O=C(OC1CCCCO1)C(C(=O)OC1CCCCO1)c1ccccc1.[H-].[Na+]. The first-order chi connectivity index (χ1) is 12.2. The predicted octanol–water partition coefficient (Wildman–Crippen LogP) is 0.0263. The third kappa shape index (κ3) is 6.06. The van der Waals surface area contributed by atoms with Crippen LogP contribution < -0.4 is 29.6 Å². The molecule has 6 nitrogen and oxygen atoms in total. The minimum Gasteiger partial charge on any atom is -1.00 e. The third-order valence-electron chi connectivity index (χ3n) is 4.38. The maximum atomic E-state index is 12.7. The van der Waals surface area contributed by atoms with E-state index in [9.17, 15) is 9.59 Å². The Balaban J connectivity index is 0.00000182. The second-order valence-electron chi connectivity index (χ2n) is 6.31. The van der Waals surface area contributed by atoms with E-state index in [0.717, 1.165) is 25.7 Å². The molecule has 2 atom stereocenters. The fourth-order valence-electron chi connectivity index (χ4n) is 3.02. The van der Waals surface area contributed by atoms with E-state index in [4.69, 9.17) is 18.9 Å². The molecular weight excluding hydrogens is 347 g/mol. The van der Waals surface area contributed by atoms with Crippen LogP contribution in [0.15, 0.2) is 30.3 Å². The van der Waals surface area contributed by atoms with Gasteiger partial charge in [0.15, 0.2) is 5.92 Å². The molecule has 1 aromatic rings. The molecule has 2 aliphatic heterocycles. The molecule has 2 unspecified atom stereocenters. The van der Waals surface area contributed by atoms with Crippen LogP contribution in [0, 0.1) is 0 Å². The van der Waals surface area contributed by atoms with Crippen molar-refractivity contribution in [1.82, 2.24) is 0 Å². The van der Waals surface area contributed by atoms with Crippen molar-refractivity contribution in [2.24, 2.45) is 0 Å². The largest absolute Gasteiger partial charge is 1.00 e. The van der Waals surface area contributed by atoms with Gasteiger partial charge in [-0.1, -0.05) is 30.3 Å². The fourth-order valence-corrected chi connectivity index (χ4v) is 3.02. The molecule has 7 heteroatoms. The fraction of sp³-hybridized carbons (Fsp3) is 0.579. The van der Waals surface area contributed by atoms with Crippen molar-refractivity contribution in [3.8, 4) is 0 Å². The van der Waals surface area contributed by atoms with Crippen LogP contribution in [0.1, 0.15) is 51.4 Å². The molecule has 0 aliphatic carbocycles. The summed E-state index contributed by atoms with van der Waals surface area (Å²) in [5, 5.41) is 0. The monoisotopic (exact) mass is 372 g/mol. The first kappa shape index (κ1) is 21.4. The van der Waals surface area contributed by atoms with E-state index in [1.165, 1.54) is 0 Å². The molecule has 2 aliphatic rings. The van der Waals surface area contributed by atoms with E-state index in [2.05, 4.69) is 0 Å². The molecule has 2 fully saturated rings. The number of carbonyl (C=O) groups is 2. The van der Waals surface area contributed by atoms with Crippen LogP contribution in [-0.2, 0) is 28.5 Å². The number of esters is 2. The number of carbonyl (C=O) groups excluding carboxylic acids is 2. The van der Waals surface area contributed by atoms with Gasteiger partial charge in [0, 0.05) is 12.8 Å². The average Bonchev–Trinajstić information content (AvgIpc) is 2.64. The summed E-state index contributed by atoms with van der Waals surface area (Å²) in [7, 11) is 0. The number of hydrogen-bond acceptors (Lipinski definition) is 6. The van der Waals surface area contributed by atoms with Crippen molar-refractivity contribution in [2.45, 2.75) is 57.0 Å². The van der Waals surface area contributed by atoms with E-state index in [1.54, 1.807) is 24.3 Å². The van der Waals surface area contributed by atoms with E-state index in [0.29, 0.717) is 31.6 Å².